The lowest BCUT2D eigenvalue weighted by Crippen LogP contribution is -2.40. The average Bonchev–Trinajstić information content (AvgIpc) is 2.46. The number of anilines is 1. The fourth-order valence-corrected chi connectivity index (χ4v) is 2.33. The van der Waals surface area contributed by atoms with E-state index in [1.165, 1.54) is 6.07 Å². The Hall–Kier alpha value is -1.30. The van der Waals surface area contributed by atoms with Crippen LogP contribution in [0.5, 0.6) is 0 Å². The molecule has 124 valence electrons. The van der Waals surface area contributed by atoms with Crippen molar-refractivity contribution in [3.05, 3.63) is 23.6 Å². The fourth-order valence-electron chi connectivity index (χ4n) is 2.33. The second kappa shape index (κ2) is 6.86. The van der Waals surface area contributed by atoms with E-state index in [4.69, 9.17) is 0 Å². The van der Waals surface area contributed by atoms with Crippen LogP contribution in [0.1, 0.15) is 39.3 Å². The normalized spacial score (nSPS) is 19.5. The van der Waals surface area contributed by atoms with E-state index in [-0.39, 0.29) is 37.8 Å². The van der Waals surface area contributed by atoms with Gasteiger partial charge in [-0.05, 0) is 25.0 Å². The highest BCUT2D eigenvalue weighted by Gasteiger charge is 2.34. The maximum absolute atomic E-state index is 13.9. The molecule has 1 aliphatic heterocycles. The average molecular weight is 315 g/mol. The molecule has 1 aromatic heterocycles. The summed E-state index contributed by atoms with van der Waals surface area (Å²) in [5.74, 6) is -1.94. The SMILES string of the molecule is CC(C)[C@@H](C)NCc1nc(N2CCC(F)(F)CC2)ccc1F. The first-order chi connectivity index (χ1) is 10.3. The molecule has 2 heterocycles. The maximum Gasteiger partial charge on any atom is 0.251 e. The quantitative estimate of drug-likeness (QED) is 0.900. The summed E-state index contributed by atoms with van der Waals surface area (Å²) < 4.78 is 40.3. The van der Waals surface area contributed by atoms with Gasteiger partial charge in [-0.2, -0.15) is 0 Å². The number of halogens is 3. The first-order valence-electron chi connectivity index (χ1n) is 7.80. The number of hydrogen-bond donors (Lipinski definition) is 1. The Bertz CT molecular complexity index is 495. The van der Waals surface area contributed by atoms with Crippen LogP contribution in [0.25, 0.3) is 0 Å². The van der Waals surface area contributed by atoms with Crippen molar-refractivity contribution >= 4 is 5.82 Å². The Labute approximate surface area is 129 Å². The number of alkyl halides is 2. The summed E-state index contributed by atoms with van der Waals surface area (Å²) in [6, 6.07) is 3.18. The zero-order chi connectivity index (χ0) is 16.3. The van der Waals surface area contributed by atoms with E-state index in [0.717, 1.165) is 0 Å². The second-order valence-corrected chi connectivity index (χ2v) is 6.35. The van der Waals surface area contributed by atoms with Crippen LogP contribution in [-0.2, 0) is 6.54 Å². The zero-order valence-electron chi connectivity index (χ0n) is 13.4. The minimum absolute atomic E-state index is 0.177. The van der Waals surface area contributed by atoms with Gasteiger partial charge >= 0.3 is 0 Å². The van der Waals surface area contributed by atoms with Gasteiger partial charge in [0.1, 0.15) is 11.6 Å². The molecular formula is C16H24F3N3. The largest absolute Gasteiger partial charge is 0.356 e. The highest BCUT2D eigenvalue weighted by molar-refractivity contribution is 5.40. The maximum atomic E-state index is 13.9. The number of piperidine rings is 1. The van der Waals surface area contributed by atoms with Crippen molar-refractivity contribution < 1.29 is 13.2 Å². The van der Waals surface area contributed by atoms with E-state index in [0.29, 0.717) is 24.0 Å². The van der Waals surface area contributed by atoms with E-state index in [1.54, 1.807) is 11.0 Å². The van der Waals surface area contributed by atoms with Crippen LogP contribution in [0.2, 0.25) is 0 Å². The molecule has 1 atom stereocenters. The van der Waals surface area contributed by atoms with Crippen LogP contribution in [0.3, 0.4) is 0 Å². The Morgan fingerprint density at radius 1 is 1.23 bits per heavy atom. The van der Waals surface area contributed by atoms with Crippen molar-refractivity contribution in [3.8, 4) is 0 Å². The van der Waals surface area contributed by atoms with Gasteiger partial charge in [-0.15, -0.1) is 0 Å². The Kier molecular flexibility index (Phi) is 5.32. The number of nitrogens with zero attached hydrogens (tertiary/aromatic N) is 2. The van der Waals surface area contributed by atoms with E-state index in [9.17, 15) is 13.2 Å². The molecule has 2 rings (SSSR count). The van der Waals surface area contributed by atoms with E-state index in [1.807, 2.05) is 6.92 Å². The highest BCUT2D eigenvalue weighted by Crippen LogP contribution is 2.30. The third kappa shape index (κ3) is 4.35. The Balaban J connectivity index is 2.04. The third-order valence-electron chi connectivity index (χ3n) is 4.31. The molecule has 3 nitrogen and oxygen atoms in total. The van der Waals surface area contributed by atoms with Gasteiger partial charge in [0.15, 0.2) is 0 Å². The van der Waals surface area contributed by atoms with Gasteiger partial charge in [0, 0.05) is 38.5 Å². The van der Waals surface area contributed by atoms with Gasteiger partial charge in [0.05, 0.1) is 5.69 Å². The minimum Gasteiger partial charge on any atom is -0.356 e. The van der Waals surface area contributed by atoms with Crippen molar-refractivity contribution in [2.24, 2.45) is 5.92 Å². The molecule has 0 unspecified atom stereocenters. The summed E-state index contributed by atoms with van der Waals surface area (Å²) in [5, 5.41) is 3.24. The summed E-state index contributed by atoms with van der Waals surface area (Å²) in [6.45, 7) is 7.06. The first-order valence-corrected chi connectivity index (χ1v) is 7.80. The highest BCUT2D eigenvalue weighted by atomic mass is 19.3. The molecular weight excluding hydrogens is 291 g/mol. The van der Waals surface area contributed by atoms with Crippen LogP contribution in [0.15, 0.2) is 12.1 Å². The van der Waals surface area contributed by atoms with Crippen LogP contribution >= 0.6 is 0 Å². The smallest absolute Gasteiger partial charge is 0.251 e. The molecule has 0 saturated carbocycles. The number of rotatable bonds is 5. The van der Waals surface area contributed by atoms with Crippen molar-refractivity contribution in [3.63, 3.8) is 0 Å². The molecule has 1 aliphatic rings. The van der Waals surface area contributed by atoms with Gasteiger partial charge in [-0.1, -0.05) is 13.8 Å². The van der Waals surface area contributed by atoms with Crippen molar-refractivity contribution in [1.29, 1.82) is 0 Å². The summed E-state index contributed by atoms with van der Waals surface area (Å²) in [7, 11) is 0. The predicted octanol–water partition coefficient (Wildman–Crippen LogP) is 3.59. The van der Waals surface area contributed by atoms with Crippen LogP contribution in [-0.4, -0.2) is 30.0 Å². The first kappa shape index (κ1) is 17.1. The van der Waals surface area contributed by atoms with Gasteiger partial charge in [0.25, 0.3) is 5.92 Å². The van der Waals surface area contributed by atoms with Crippen molar-refractivity contribution in [2.45, 2.75) is 52.1 Å². The van der Waals surface area contributed by atoms with E-state index < -0.39 is 5.92 Å². The lowest BCUT2D eigenvalue weighted by atomic mass is 10.1. The molecule has 0 spiro atoms. The molecule has 0 radical (unpaired) electrons. The third-order valence-corrected chi connectivity index (χ3v) is 4.31. The fraction of sp³-hybridized carbons (Fsp3) is 0.688. The molecule has 1 aromatic rings. The predicted molar refractivity (Wildman–Crippen MR) is 81.7 cm³/mol. The number of aromatic nitrogens is 1. The number of nitrogens with one attached hydrogen (secondary N) is 1. The number of hydrogen-bond acceptors (Lipinski definition) is 3. The second-order valence-electron chi connectivity index (χ2n) is 6.35. The molecule has 1 N–H and O–H groups in total. The van der Waals surface area contributed by atoms with Gasteiger partial charge in [0.2, 0.25) is 0 Å². The van der Waals surface area contributed by atoms with Crippen LogP contribution < -0.4 is 10.2 Å². The van der Waals surface area contributed by atoms with Gasteiger partial charge in [-0.3, -0.25) is 0 Å². The topological polar surface area (TPSA) is 28.2 Å². The molecule has 0 aromatic carbocycles. The van der Waals surface area contributed by atoms with Crippen LogP contribution in [0.4, 0.5) is 19.0 Å². The molecule has 22 heavy (non-hydrogen) atoms. The Morgan fingerprint density at radius 3 is 2.45 bits per heavy atom. The molecule has 0 aliphatic carbocycles. The van der Waals surface area contributed by atoms with E-state index >= 15 is 0 Å². The monoisotopic (exact) mass is 315 g/mol. The summed E-state index contributed by atoms with van der Waals surface area (Å²) in [6.07, 6.45) is -0.353. The van der Waals surface area contributed by atoms with Crippen LogP contribution in [0, 0.1) is 11.7 Å². The molecule has 6 heteroatoms. The summed E-state index contributed by atoms with van der Waals surface area (Å²) in [4.78, 5) is 6.12. The zero-order valence-corrected chi connectivity index (χ0v) is 13.4. The van der Waals surface area contributed by atoms with Gasteiger partial charge in [-0.25, -0.2) is 18.2 Å². The van der Waals surface area contributed by atoms with Crippen molar-refractivity contribution in [2.75, 3.05) is 18.0 Å². The van der Waals surface area contributed by atoms with Gasteiger partial charge < -0.3 is 10.2 Å². The minimum atomic E-state index is -2.59. The standard InChI is InChI=1S/C16H24F3N3/c1-11(2)12(3)20-10-14-13(17)4-5-15(21-14)22-8-6-16(18,19)7-9-22/h4-5,11-12,20H,6-10H2,1-3H3/t12-/m1/s1. The lowest BCUT2D eigenvalue weighted by molar-refractivity contribution is -0.0221. The Morgan fingerprint density at radius 2 is 1.86 bits per heavy atom. The molecule has 1 fully saturated rings. The summed E-state index contributed by atoms with van der Waals surface area (Å²) >= 11 is 0. The van der Waals surface area contributed by atoms with E-state index in [2.05, 4.69) is 24.1 Å². The number of pyridine rings is 1. The van der Waals surface area contributed by atoms with Crippen molar-refractivity contribution in [1.82, 2.24) is 10.3 Å². The lowest BCUT2D eigenvalue weighted by Gasteiger charge is -2.32. The summed E-state index contributed by atoms with van der Waals surface area (Å²) in [5.41, 5.74) is 0.335. The molecule has 1 saturated heterocycles. The molecule has 0 bridgehead atoms. The molecule has 0 amide bonds.